The SMILES string of the molecule is C=CCCOC(C)C(=O)N(C)CCCCCc1cc(-c2cccc(F)c2)n[nH]1. The first kappa shape index (κ1) is 21.8. The molecule has 0 saturated heterocycles. The molecule has 0 saturated carbocycles. The Hall–Kier alpha value is -2.47. The molecule has 5 nitrogen and oxygen atoms in total. The first-order chi connectivity index (χ1) is 13.5. The average Bonchev–Trinajstić information content (AvgIpc) is 3.16. The van der Waals surface area contributed by atoms with E-state index in [0.717, 1.165) is 49.1 Å². The van der Waals surface area contributed by atoms with Crippen LogP contribution in [-0.2, 0) is 16.0 Å². The number of ether oxygens (including phenoxy) is 1. The van der Waals surface area contributed by atoms with Gasteiger partial charge in [-0.25, -0.2) is 4.39 Å². The third kappa shape index (κ3) is 6.93. The maximum Gasteiger partial charge on any atom is 0.251 e. The monoisotopic (exact) mass is 387 g/mol. The molecule has 0 fully saturated rings. The molecular weight excluding hydrogens is 357 g/mol. The molecule has 1 aromatic heterocycles. The van der Waals surface area contributed by atoms with Gasteiger partial charge in [-0.2, -0.15) is 5.10 Å². The summed E-state index contributed by atoms with van der Waals surface area (Å²) in [6.07, 6.45) is 5.93. The van der Waals surface area contributed by atoms with Crippen LogP contribution in [-0.4, -0.2) is 47.3 Å². The summed E-state index contributed by atoms with van der Waals surface area (Å²) in [6, 6.07) is 8.40. The molecular formula is C22H30FN3O2. The number of nitrogens with one attached hydrogen (secondary N) is 1. The molecule has 1 amide bonds. The highest BCUT2D eigenvalue weighted by Gasteiger charge is 2.17. The zero-order valence-corrected chi connectivity index (χ0v) is 16.8. The van der Waals surface area contributed by atoms with Gasteiger partial charge in [-0.15, -0.1) is 6.58 Å². The molecule has 28 heavy (non-hydrogen) atoms. The zero-order chi connectivity index (χ0) is 20.4. The molecule has 2 rings (SSSR count). The Labute approximate surface area is 166 Å². The van der Waals surface area contributed by atoms with Gasteiger partial charge in [0.1, 0.15) is 11.9 Å². The van der Waals surface area contributed by atoms with Crippen molar-refractivity contribution in [1.82, 2.24) is 15.1 Å². The van der Waals surface area contributed by atoms with E-state index in [0.29, 0.717) is 13.2 Å². The minimum absolute atomic E-state index is 0.0114. The number of hydrogen-bond donors (Lipinski definition) is 1. The number of aryl methyl sites for hydroxylation is 1. The van der Waals surface area contributed by atoms with Crippen molar-refractivity contribution in [3.8, 4) is 11.3 Å². The number of hydrogen-bond acceptors (Lipinski definition) is 3. The zero-order valence-electron chi connectivity index (χ0n) is 16.8. The van der Waals surface area contributed by atoms with Crippen molar-refractivity contribution in [1.29, 1.82) is 0 Å². The van der Waals surface area contributed by atoms with Crippen LogP contribution in [0.15, 0.2) is 43.0 Å². The predicted octanol–water partition coefficient (Wildman–Crippen LogP) is 4.37. The summed E-state index contributed by atoms with van der Waals surface area (Å²) >= 11 is 0. The molecule has 0 radical (unpaired) electrons. The molecule has 0 aliphatic carbocycles. The summed E-state index contributed by atoms with van der Waals surface area (Å²) in [5.74, 6) is -0.251. The number of carbonyl (C=O) groups is 1. The topological polar surface area (TPSA) is 58.2 Å². The number of aromatic amines is 1. The predicted molar refractivity (Wildman–Crippen MR) is 109 cm³/mol. The van der Waals surface area contributed by atoms with Crippen molar-refractivity contribution in [2.75, 3.05) is 20.2 Å². The Morgan fingerprint density at radius 3 is 2.93 bits per heavy atom. The fourth-order valence-electron chi connectivity index (χ4n) is 2.95. The van der Waals surface area contributed by atoms with Crippen LogP contribution in [0.25, 0.3) is 11.3 Å². The minimum atomic E-state index is -0.420. The molecule has 1 aromatic carbocycles. The van der Waals surface area contributed by atoms with Crippen LogP contribution in [0.4, 0.5) is 4.39 Å². The van der Waals surface area contributed by atoms with E-state index in [-0.39, 0.29) is 11.7 Å². The molecule has 1 heterocycles. The van der Waals surface area contributed by atoms with Crippen LogP contribution in [0.3, 0.4) is 0 Å². The maximum absolute atomic E-state index is 13.3. The summed E-state index contributed by atoms with van der Waals surface area (Å²) in [5, 5.41) is 7.28. The number of benzene rings is 1. The second-order valence-corrected chi connectivity index (χ2v) is 6.95. The molecule has 1 N–H and O–H groups in total. The lowest BCUT2D eigenvalue weighted by Gasteiger charge is -2.21. The second-order valence-electron chi connectivity index (χ2n) is 6.95. The number of nitrogens with zero attached hydrogens (tertiary/aromatic N) is 2. The maximum atomic E-state index is 13.3. The number of halogens is 1. The molecule has 1 atom stereocenters. The molecule has 2 aromatic rings. The summed E-state index contributed by atoms with van der Waals surface area (Å²) in [7, 11) is 1.82. The van der Waals surface area contributed by atoms with Crippen molar-refractivity contribution in [3.05, 3.63) is 54.5 Å². The van der Waals surface area contributed by atoms with Gasteiger partial charge < -0.3 is 9.64 Å². The normalized spacial score (nSPS) is 12.0. The number of amides is 1. The highest BCUT2D eigenvalue weighted by molar-refractivity contribution is 5.80. The Morgan fingerprint density at radius 1 is 1.36 bits per heavy atom. The number of likely N-dealkylation sites (N-methyl/N-ethyl adjacent to an activating group) is 1. The van der Waals surface area contributed by atoms with Crippen LogP contribution in [0.2, 0.25) is 0 Å². The van der Waals surface area contributed by atoms with E-state index in [4.69, 9.17) is 4.74 Å². The molecule has 0 bridgehead atoms. The van der Waals surface area contributed by atoms with Gasteiger partial charge in [0, 0.05) is 24.8 Å². The van der Waals surface area contributed by atoms with Gasteiger partial charge >= 0.3 is 0 Å². The van der Waals surface area contributed by atoms with Gasteiger partial charge in [0.15, 0.2) is 0 Å². The highest BCUT2D eigenvalue weighted by Crippen LogP contribution is 2.19. The minimum Gasteiger partial charge on any atom is -0.368 e. The van der Waals surface area contributed by atoms with Gasteiger partial charge in [-0.05, 0) is 50.8 Å². The fraction of sp³-hybridized carbons (Fsp3) is 0.455. The molecule has 152 valence electrons. The molecule has 0 spiro atoms. The highest BCUT2D eigenvalue weighted by atomic mass is 19.1. The quantitative estimate of drug-likeness (QED) is 0.435. The first-order valence-corrected chi connectivity index (χ1v) is 9.79. The summed E-state index contributed by atoms with van der Waals surface area (Å²) in [4.78, 5) is 14.0. The summed E-state index contributed by atoms with van der Waals surface area (Å²) < 4.78 is 18.8. The van der Waals surface area contributed by atoms with Gasteiger partial charge in [-0.1, -0.05) is 24.6 Å². The van der Waals surface area contributed by atoms with E-state index in [1.807, 2.05) is 19.2 Å². The lowest BCUT2D eigenvalue weighted by Crippen LogP contribution is -2.37. The number of rotatable bonds is 12. The van der Waals surface area contributed by atoms with Gasteiger partial charge in [0.2, 0.25) is 0 Å². The van der Waals surface area contributed by atoms with Gasteiger partial charge in [0.25, 0.3) is 5.91 Å². The number of H-pyrrole nitrogens is 1. The lowest BCUT2D eigenvalue weighted by molar-refractivity contribution is -0.141. The van der Waals surface area contributed by atoms with Gasteiger partial charge in [0.05, 0.1) is 12.3 Å². The summed E-state index contributed by atoms with van der Waals surface area (Å²) in [6.45, 7) is 6.66. The van der Waals surface area contributed by atoms with Crippen LogP contribution in [0.5, 0.6) is 0 Å². The smallest absolute Gasteiger partial charge is 0.251 e. The number of unbranched alkanes of at least 4 members (excludes halogenated alkanes) is 2. The Bertz CT molecular complexity index is 760. The van der Waals surface area contributed by atoms with E-state index in [2.05, 4.69) is 16.8 Å². The van der Waals surface area contributed by atoms with E-state index < -0.39 is 6.10 Å². The first-order valence-electron chi connectivity index (χ1n) is 9.79. The number of aromatic nitrogens is 2. The third-order valence-electron chi connectivity index (χ3n) is 4.60. The number of carbonyl (C=O) groups excluding carboxylic acids is 1. The van der Waals surface area contributed by atoms with Crippen molar-refractivity contribution in [2.24, 2.45) is 0 Å². The van der Waals surface area contributed by atoms with Crippen LogP contribution < -0.4 is 0 Å². The van der Waals surface area contributed by atoms with Crippen LogP contribution >= 0.6 is 0 Å². The van der Waals surface area contributed by atoms with Crippen LogP contribution in [0, 0.1) is 5.82 Å². The fourth-order valence-corrected chi connectivity index (χ4v) is 2.95. The van der Waals surface area contributed by atoms with Crippen molar-refractivity contribution < 1.29 is 13.9 Å². The molecule has 1 unspecified atom stereocenters. The molecule has 0 aliphatic heterocycles. The molecule has 6 heteroatoms. The Balaban J connectivity index is 1.66. The van der Waals surface area contributed by atoms with E-state index >= 15 is 0 Å². The van der Waals surface area contributed by atoms with E-state index in [1.165, 1.54) is 12.1 Å². The van der Waals surface area contributed by atoms with E-state index in [9.17, 15) is 9.18 Å². The largest absolute Gasteiger partial charge is 0.368 e. The van der Waals surface area contributed by atoms with Crippen molar-refractivity contribution >= 4 is 5.91 Å². The standard InChI is InChI=1S/C22H30FN3O2/c1-4-5-14-28-17(2)22(27)26(3)13-8-6-7-12-20-16-21(25-24-20)18-10-9-11-19(23)15-18/h4,9-11,15-17H,1,5-8,12-14H2,2-3H3,(H,24,25). The Kier molecular flexibility index (Phi) is 8.88. The average molecular weight is 387 g/mol. The molecule has 0 aliphatic rings. The summed E-state index contributed by atoms with van der Waals surface area (Å²) in [5.41, 5.74) is 2.56. The second kappa shape index (κ2) is 11.4. The van der Waals surface area contributed by atoms with Crippen molar-refractivity contribution in [2.45, 2.75) is 45.1 Å². The van der Waals surface area contributed by atoms with Gasteiger partial charge in [-0.3, -0.25) is 9.89 Å². The Morgan fingerprint density at radius 2 is 2.18 bits per heavy atom. The van der Waals surface area contributed by atoms with Crippen molar-refractivity contribution in [3.63, 3.8) is 0 Å². The van der Waals surface area contributed by atoms with E-state index in [1.54, 1.807) is 24.0 Å². The lowest BCUT2D eigenvalue weighted by atomic mass is 10.1. The third-order valence-corrected chi connectivity index (χ3v) is 4.60. The van der Waals surface area contributed by atoms with Crippen LogP contribution in [0.1, 0.15) is 38.3 Å².